The zero-order valence-corrected chi connectivity index (χ0v) is 18.4. The van der Waals surface area contributed by atoms with E-state index in [0.29, 0.717) is 19.3 Å². The molecular weight excluding hydrogens is 446 g/mol. The maximum absolute atomic E-state index is 14.3. The van der Waals surface area contributed by atoms with E-state index in [4.69, 9.17) is 9.84 Å². The van der Waals surface area contributed by atoms with E-state index >= 15 is 0 Å². The third-order valence-corrected chi connectivity index (χ3v) is 6.49. The monoisotopic (exact) mass is 472 g/mol. The highest BCUT2D eigenvalue weighted by atomic mass is 19.3. The van der Waals surface area contributed by atoms with Gasteiger partial charge in [0.1, 0.15) is 6.61 Å². The van der Waals surface area contributed by atoms with Crippen molar-refractivity contribution in [3.63, 3.8) is 0 Å². The molecule has 1 fully saturated rings. The Morgan fingerprint density at radius 2 is 1.62 bits per heavy atom. The molecule has 1 saturated carbocycles. The number of carbonyl (C=O) groups excluding carboxylic acids is 2. The van der Waals surface area contributed by atoms with E-state index in [0.717, 1.165) is 22.3 Å². The van der Waals surface area contributed by atoms with Gasteiger partial charge in [-0.15, -0.1) is 0 Å². The van der Waals surface area contributed by atoms with Crippen molar-refractivity contribution in [2.24, 2.45) is 5.92 Å². The molecule has 2 amide bonds. The Kier molecular flexibility index (Phi) is 6.81. The molecule has 0 radical (unpaired) electrons. The number of nitrogens with one attached hydrogen (secondary N) is 2. The molecule has 2 aliphatic carbocycles. The zero-order chi connectivity index (χ0) is 24.3. The van der Waals surface area contributed by atoms with Crippen LogP contribution < -0.4 is 10.6 Å². The van der Waals surface area contributed by atoms with Crippen molar-refractivity contribution in [2.75, 3.05) is 13.2 Å². The average molecular weight is 472 g/mol. The van der Waals surface area contributed by atoms with E-state index in [9.17, 15) is 23.2 Å². The van der Waals surface area contributed by atoms with Crippen LogP contribution in [0.5, 0.6) is 0 Å². The average Bonchev–Trinajstić information content (AvgIpc) is 3.15. The summed E-state index contributed by atoms with van der Waals surface area (Å²) in [6.45, 7) is -1.25. The second-order valence-electron chi connectivity index (χ2n) is 8.76. The summed E-state index contributed by atoms with van der Waals surface area (Å²) < 4.78 is 33.9. The van der Waals surface area contributed by atoms with Crippen molar-refractivity contribution in [3.05, 3.63) is 59.7 Å². The van der Waals surface area contributed by atoms with E-state index in [-0.39, 0.29) is 18.9 Å². The molecule has 0 heterocycles. The first-order valence-corrected chi connectivity index (χ1v) is 11.3. The van der Waals surface area contributed by atoms with Crippen LogP contribution in [0.25, 0.3) is 11.1 Å². The van der Waals surface area contributed by atoms with Gasteiger partial charge in [0.05, 0.1) is 12.5 Å². The lowest BCUT2D eigenvalue weighted by Gasteiger charge is -2.28. The quantitative estimate of drug-likeness (QED) is 0.567. The Morgan fingerprint density at radius 1 is 1.00 bits per heavy atom. The van der Waals surface area contributed by atoms with Crippen molar-refractivity contribution < 1.29 is 33.0 Å². The van der Waals surface area contributed by atoms with Gasteiger partial charge in [0, 0.05) is 12.0 Å². The smallest absolute Gasteiger partial charge is 0.407 e. The maximum Gasteiger partial charge on any atom is 0.407 e. The number of rotatable bonds is 7. The number of amides is 2. The van der Waals surface area contributed by atoms with Gasteiger partial charge in [-0.25, -0.2) is 4.79 Å². The molecule has 180 valence electrons. The predicted octanol–water partition coefficient (Wildman–Crippen LogP) is 3.92. The van der Waals surface area contributed by atoms with E-state index in [1.807, 2.05) is 53.8 Å². The summed E-state index contributed by atoms with van der Waals surface area (Å²) >= 11 is 0. The highest BCUT2D eigenvalue weighted by Gasteiger charge is 2.41. The number of carbonyl (C=O) groups is 3. The number of halogens is 2. The van der Waals surface area contributed by atoms with Crippen LogP contribution in [0.1, 0.15) is 42.7 Å². The lowest BCUT2D eigenvalue weighted by Crippen LogP contribution is -2.52. The third kappa shape index (κ3) is 5.03. The summed E-state index contributed by atoms with van der Waals surface area (Å²) in [5.41, 5.74) is 4.08. The van der Waals surface area contributed by atoms with Crippen molar-refractivity contribution in [1.82, 2.24) is 10.6 Å². The van der Waals surface area contributed by atoms with Gasteiger partial charge < -0.3 is 20.5 Å². The van der Waals surface area contributed by atoms with Gasteiger partial charge in [0.2, 0.25) is 0 Å². The van der Waals surface area contributed by atoms with Gasteiger partial charge in [-0.3, -0.25) is 9.59 Å². The van der Waals surface area contributed by atoms with Crippen LogP contribution in [-0.2, 0) is 14.3 Å². The summed E-state index contributed by atoms with van der Waals surface area (Å²) in [6.07, 6.45) is 0.493. The van der Waals surface area contributed by atoms with Crippen molar-refractivity contribution in [3.8, 4) is 11.1 Å². The number of carboxylic acids is 1. The Balaban J connectivity index is 1.29. The molecule has 2 aromatic rings. The lowest BCUT2D eigenvalue weighted by atomic mass is 9.85. The molecule has 3 N–H and O–H groups in total. The largest absolute Gasteiger partial charge is 0.481 e. The molecule has 0 bridgehead atoms. The third-order valence-electron chi connectivity index (χ3n) is 6.49. The van der Waals surface area contributed by atoms with E-state index in [2.05, 4.69) is 5.32 Å². The highest BCUT2D eigenvalue weighted by molar-refractivity contribution is 5.84. The van der Waals surface area contributed by atoms with Crippen molar-refractivity contribution in [1.29, 1.82) is 0 Å². The molecule has 0 aromatic heterocycles. The molecule has 9 heteroatoms. The molecule has 4 rings (SSSR count). The summed E-state index contributed by atoms with van der Waals surface area (Å²) in [4.78, 5) is 35.3. The Bertz CT molecular complexity index is 1040. The fourth-order valence-electron chi connectivity index (χ4n) is 4.75. The number of benzene rings is 2. The normalized spacial score (nSPS) is 19.6. The van der Waals surface area contributed by atoms with Crippen LogP contribution in [0, 0.1) is 5.92 Å². The van der Waals surface area contributed by atoms with Gasteiger partial charge in [-0.1, -0.05) is 55.0 Å². The Hall–Kier alpha value is -3.49. The van der Waals surface area contributed by atoms with E-state index in [1.165, 1.54) is 0 Å². The van der Waals surface area contributed by atoms with E-state index in [1.54, 1.807) is 0 Å². The van der Waals surface area contributed by atoms with Crippen LogP contribution >= 0.6 is 0 Å². The second kappa shape index (κ2) is 9.79. The Morgan fingerprint density at radius 3 is 2.24 bits per heavy atom. The van der Waals surface area contributed by atoms with Gasteiger partial charge >= 0.3 is 18.0 Å². The SMILES string of the molecule is O=C(NCC(F)(F)C(=O)NC1CCCC(C(=O)O)C1)OCC1c2ccccc2-c2ccccc21. The minimum Gasteiger partial charge on any atom is -0.481 e. The molecule has 2 aliphatic rings. The minimum absolute atomic E-state index is 0.0315. The minimum atomic E-state index is -3.86. The highest BCUT2D eigenvalue weighted by Crippen LogP contribution is 2.44. The van der Waals surface area contributed by atoms with Crippen molar-refractivity contribution >= 4 is 18.0 Å². The van der Waals surface area contributed by atoms with Crippen LogP contribution in [0.4, 0.5) is 13.6 Å². The standard InChI is InChI=1S/C25H26F2N2O5/c26-25(27,23(32)29-16-7-5-6-15(12-16)22(30)31)14-28-24(33)34-13-21-19-10-3-1-8-17(19)18-9-2-4-11-20(18)21/h1-4,8-11,15-16,21H,5-7,12-14H2,(H,28,33)(H,29,32)(H,30,31). The predicted molar refractivity (Wildman–Crippen MR) is 120 cm³/mol. The van der Waals surface area contributed by atoms with E-state index < -0.39 is 42.4 Å². The first kappa shape index (κ1) is 23.7. The zero-order valence-electron chi connectivity index (χ0n) is 18.4. The summed E-state index contributed by atoms with van der Waals surface area (Å²) in [6, 6.07) is 14.9. The van der Waals surface area contributed by atoms with Crippen LogP contribution in [0.2, 0.25) is 0 Å². The van der Waals surface area contributed by atoms with Crippen LogP contribution in [0.3, 0.4) is 0 Å². The molecule has 2 aromatic carbocycles. The van der Waals surface area contributed by atoms with Crippen LogP contribution in [-0.4, -0.2) is 48.2 Å². The number of fused-ring (bicyclic) bond motifs is 3. The number of aliphatic carboxylic acids is 1. The summed E-state index contributed by atoms with van der Waals surface area (Å²) in [7, 11) is 0. The number of ether oxygens (including phenoxy) is 1. The van der Waals surface area contributed by atoms with Gasteiger partial charge in [-0.05, 0) is 41.5 Å². The second-order valence-corrected chi connectivity index (χ2v) is 8.76. The van der Waals surface area contributed by atoms with Gasteiger partial charge in [-0.2, -0.15) is 8.78 Å². The first-order chi connectivity index (χ1) is 16.3. The fraction of sp³-hybridized carbons (Fsp3) is 0.400. The number of hydrogen-bond donors (Lipinski definition) is 3. The number of alkyl halides is 2. The van der Waals surface area contributed by atoms with Gasteiger partial charge in [0.15, 0.2) is 0 Å². The maximum atomic E-state index is 14.3. The molecule has 34 heavy (non-hydrogen) atoms. The molecule has 0 saturated heterocycles. The van der Waals surface area contributed by atoms with Gasteiger partial charge in [0.25, 0.3) is 5.91 Å². The molecule has 2 unspecified atom stereocenters. The van der Waals surface area contributed by atoms with Crippen LogP contribution in [0.15, 0.2) is 48.5 Å². The number of carboxylic acid groups (broad SMARTS) is 1. The molecular formula is C25H26F2N2O5. The number of hydrogen-bond acceptors (Lipinski definition) is 4. The topological polar surface area (TPSA) is 105 Å². The number of alkyl carbamates (subject to hydrolysis) is 1. The summed E-state index contributed by atoms with van der Waals surface area (Å²) in [5, 5.41) is 13.3. The summed E-state index contributed by atoms with van der Waals surface area (Å²) in [5.74, 6) is -7.27. The molecule has 2 atom stereocenters. The molecule has 0 aliphatic heterocycles. The Labute approximate surface area is 195 Å². The first-order valence-electron chi connectivity index (χ1n) is 11.3. The fourth-order valence-corrected chi connectivity index (χ4v) is 4.75. The lowest BCUT2D eigenvalue weighted by molar-refractivity contribution is -0.148. The molecule has 0 spiro atoms. The molecule has 7 nitrogen and oxygen atoms in total. The van der Waals surface area contributed by atoms with Crippen molar-refractivity contribution in [2.45, 2.75) is 43.6 Å².